The van der Waals surface area contributed by atoms with Crippen LogP contribution in [0.3, 0.4) is 0 Å². The molecule has 0 spiro atoms. The lowest BCUT2D eigenvalue weighted by molar-refractivity contribution is 0.378. The van der Waals surface area contributed by atoms with Gasteiger partial charge in [-0.3, -0.25) is 0 Å². The quantitative estimate of drug-likeness (QED) is 0.850. The first-order valence-corrected chi connectivity index (χ1v) is 5.86. The highest BCUT2D eigenvalue weighted by molar-refractivity contribution is 5.38. The topological polar surface area (TPSA) is 34.1 Å². The lowest BCUT2D eigenvalue weighted by Gasteiger charge is -2.18. The molecule has 3 heteroatoms. The van der Waals surface area contributed by atoms with E-state index in [4.69, 9.17) is 4.74 Å². The van der Waals surface area contributed by atoms with Gasteiger partial charge in [-0.1, -0.05) is 13.8 Å². The molecule has 1 saturated carbocycles. The van der Waals surface area contributed by atoms with Crippen molar-refractivity contribution in [2.75, 3.05) is 12.4 Å². The molecule has 1 aliphatic carbocycles. The number of nitrogens with zero attached hydrogens (tertiary/aromatic N) is 1. The Morgan fingerprint density at radius 1 is 1.44 bits per heavy atom. The first-order valence-electron chi connectivity index (χ1n) is 5.86. The second-order valence-electron chi connectivity index (χ2n) is 5.33. The van der Waals surface area contributed by atoms with Gasteiger partial charge in [-0.05, 0) is 36.8 Å². The number of methoxy groups -OCH3 is 1. The molecular weight excluding hydrogens is 200 g/mol. The van der Waals surface area contributed by atoms with E-state index in [1.807, 2.05) is 12.1 Å². The Labute approximate surface area is 97.2 Å². The highest BCUT2D eigenvalue weighted by atomic mass is 16.5. The number of anilines is 1. The molecule has 1 aromatic heterocycles. The van der Waals surface area contributed by atoms with Crippen molar-refractivity contribution in [2.45, 2.75) is 39.2 Å². The number of ether oxygens (including phenoxy) is 1. The van der Waals surface area contributed by atoms with Gasteiger partial charge in [0.1, 0.15) is 11.6 Å². The normalized spacial score (nSPS) is 23.1. The maximum Gasteiger partial charge on any atom is 0.137 e. The summed E-state index contributed by atoms with van der Waals surface area (Å²) in [6.45, 7) is 4.66. The standard InChI is InChI=1S/C13H20N2O/c1-13(2)7-6-10(8-13)15-12-5-4-11(16-3)9-14-12/h4-5,9-10H,6-8H2,1-3H3,(H,14,15). The molecule has 88 valence electrons. The van der Waals surface area contributed by atoms with Gasteiger partial charge in [0.2, 0.25) is 0 Å². The summed E-state index contributed by atoms with van der Waals surface area (Å²) in [6, 6.07) is 4.48. The second kappa shape index (κ2) is 4.32. The molecule has 1 aromatic rings. The van der Waals surface area contributed by atoms with E-state index in [9.17, 15) is 0 Å². The predicted molar refractivity (Wildman–Crippen MR) is 65.8 cm³/mol. The molecule has 16 heavy (non-hydrogen) atoms. The minimum Gasteiger partial charge on any atom is -0.495 e. The molecule has 0 amide bonds. The number of hydrogen-bond donors (Lipinski definition) is 1. The molecule has 0 aliphatic heterocycles. The van der Waals surface area contributed by atoms with Gasteiger partial charge in [-0.25, -0.2) is 4.98 Å². The maximum atomic E-state index is 5.08. The molecule has 0 saturated heterocycles. The van der Waals surface area contributed by atoms with Crippen LogP contribution in [0, 0.1) is 5.41 Å². The van der Waals surface area contributed by atoms with Crippen LogP contribution in [0.1, 0.15) is 33.1 Å². The van der Waals surface area contributed by atoms with Gasteiger partial charge in [0, 0.05) is 6.04 Å². The Morgan fingerprint density at radius 2 is 2.25 bits per heavy atom. The molecule has 0 bridgehead atoms. The molecule has 1 atom stereocenters. The molecule has 1 aliphatic rings. The summed E-state index contributed by atoms with van der Waals surface area (Å²) in [4.78, 5) is 4.32. The van der Waals surface area contributed by atoms with Crippen LogP contribution in [-0.4, -0.2) is 18.1 Å². The average molecular weight is 220 g/mol. The molecule has 1 heterocycles. The van der Waals surface area contributed by atoms with Crippen molar-refractivity contribution in [1.29, 1.82) is 0 Å². The number of rotatable bonds is 3. The van der Waals surface area contributed by atoms with Crippen LogP contribution in [-0.2, 0) is 0 Å². The molecule has 2 rings (SSSR count). The number of pyridine rings is 1. The third-order valence-electron chi connectivity index (χ3n) is 3.29. The maximum absolute atomic E-state index is 5.08. The van der Waals surface area contributed by atoms with Crippen molar-refractivity contribution in [3.8, 4) is 5.75 Å². The Bertz CT molecular complexity index is 345. The second-order valence-corrected chi connectivity index (χ2v) is 5.33. The van der Waals surface area contributed by atoms with E-state index in [-0.39, 0.29) is 0 Å². The van der Waals surface area contributed by atoms with E-state index in [0.29, 0.717) is 11.5 Å². The van der Waals surface area contributed by atoms with Gasteiger partial charge in [0.25, 0.3) is 0 Å². The van der Waals surface area contributed by atoms with Crippen molar-refractivity contribution in [1.82, 2.24) is 4.98 Å². The van der Waals surface area contributed by atoms with Gasteiger partial charge in [-0.2, -0.15) is 0 Å². The van der Waals surface area contributed by atoms with Crippen molar-refractivity contribution >= 4 is 5.82 Å². The van der Waals surface area contributed by atoms with Crippen LogP contribution < -0.4 is 10.1 Å². The average Bonchev–Trinajstić information content (AvgIpc) is 2.59. The minimum atomic E-state index is 0.476. The van der Waals surface area contributed by atoms with E-state index in [0.717, 1.165) is 11.6 Å². The number of hydrogen-bond acceptors (Lipinski definition) is 3. The fourth-order valence-corrected chi connectivity index (χ4v) is 2.35. The molecule has 0 radical (unpaired) electrons. The molecule has 1 fully saturated rings. The first kappa shape index (κ1) is 11.2. The molecule has 1 unspecified atom stereocenters. The van der Waals surface area contributed by atoms with E-state index in [2.05, 4.69) is 24.1 Å². The van der Waals surface area contributed by atoms with Gasteiger partial charge in [0.05, 0.1) is 13.3 Å². The fourth-order valence-electron chi connectivity index (χ4n) is 2.35. The Morgan fingerprint density at radius 3 is 2.75 bits per heavy atom. The minimum absolute atomic E-state index is 0.476. The van der Waals surface area contributed by atoms with Crippen molar-refractivity contribution in [2.24, 2.45) is 5.41 Å². The highest BCUT2D eigenvalue weighted by Gasteiger charge is 2.30. The van der Waals surface area contributed by atoms with Crippen molar-refractivity contribution in [3.05, 3.63) is 18.3 Å². The Balaban J connectivity index is 1.94. The van der Waals surface area contributed by atoms with Crippen LogP contribution >= 0.6 is 0 Å². The Hall–Kier alpha value is -1.25. The van der Waals surface area contributed by atoms with Gasteiger partial charge >= 0.3 is 0 Å². The summed E-state index contributed by atoms with van der Waals surface area (Å²) in [5, 5.41) is 3.48. The zero-order valence-electron chi connectivity index (χ0n) is 10.3. The van der Waals surface area contributed by atoms with E-state index >= 15 is 0 Å². The van der Waals surface area contributed by atoms with Gasteiger partial charge in [0.15, 0.2) is 0 Å². The largest absolute Gasteiger partial charge is 0.495 e. The van der Waals surface area contributed by atoms with Gasteiger partial charge in [-0.15, -0.1) is 0 Å². The SMILES string of the molecule is COc1ccc(NC2CCC(C)(C)C2)nc1. The van der Waals surface area contributed by atoms with Crippen LogP contribution in [0.5, 0.6) is 5.75 Å². The molecule has 0 aromatic carbocycles. The summed E-state index contributed by atoms with van der Waals surface area (Å²) in [5.41, 5.74) is 0.476. The van der Waals surface area contributed by atoms with Crippen molar-refractivity contribution < 1.29 is 4.74 Å². The zero-order valence-corrected chi connectivity index (χ0v) is 10.3. The zero-order chi connectivity index (χ0) is 11.6. The third-order valence-corrected chi connectivity index (χ3v) is 3.29. The van der Waals surface area contributed by atoms with Crippen LogP contribution in [0.2, 0.25) is 0 Å². The van der Waals surface area contributed by atoms with Crippen molar-refractivity contribution in [3.63, 3.8) is 0 Å². The molecule has 3 nitrogen and oxygen atoms in total. The van der Waals surface area contributed by atoms with Crippen LogP contribution in [0.4, 0.5) is 5.82 Å². The van der Waals surface area contributed by atoms with Gasteiger partial charge < -0.3 is 10.1 Å². The van der Waals surface area contributed by atoms with E-state index in [1.165, 1.54) is 19.3 Å². The summed E-state index contributed by atoms with van der Waals surface area (Å²) >= 11 is 0. The Kier molecular flexibility index (Phi) is 3.03. The summed E-state index contributed by atoms with van der Waals surface area (Å²) < 4.78 is 5.08. The summed E-state index contributed by atoms with van der Waals surface area (Å²) in [7, 11) is 1.66. The smallest absolute Gasteiger partial charge is 0.137 e. The van der Waals surface area contributed by atoms with E-state index < -0.39 is 0 Å². The number of aromatic nitrogens is 1. The van der Waals surface area contributed by atoms with Crippen LogP contribution in [0.25, 0.3) is 0 Å². The third kappa shape index (κ3) is 2.65. The fraction of sp³-hybridized carbons (Fsp3) is 0.615. The van der Waals surface area contributed by atoms with Crippen LogP contribution in [0.15, 0.2) is 18.3 Å². The monoisotopic (exact) mass is 220 g/mol. The first-order chi connectivity index (χ1) is 7.59. The predicted octanol–water partition coefficient (Wildman–Crippen LogP) is 3.08. The van der Waals surface area contributed by atoms with E-state index in [1.54, 1.807) is 13.3 Å². The lowest BCUT2D eigenvalue weighted by atomic mass is 9.92. The molecular formula is C13H20N2O. The summed E-state index contributed by atoms with van der Waals surface area (Å²) in [6.07, 6.45) is 5.50. The summed E-state index contributed by atoms with van der Waals surface area (Å²) in [5.74, 6) is 1.75. The highest BCUT2D eigenvalue weighted by Crippen LogP contribution is 2.38. The lowest BCUT2D eigenvalue weighted by Crippen LogP contribution is -2.18. The number of nitrogens with one attached hydrogen (secondary N) is 1. The molecule has 1 N–H and O–H groups in total.